The molecule has 0 saturated heterocycles. The molecule has 9 heteroatoms. The second-order valence-electron chi connectivity index (χ2n) is 1.50. The first-order chi connectivity index (χ1) is 5.25. The molecule has 0 aromatic rings. The van der Waals surface area contributed by atoms with Gasteiger partial charge in [-0.25, -0.2) is 0 Å². The maximum absolute atomic E-state index is 11.5. The van der Waals surface area contributed by atoms with E-state index in [0.29, 0.717) is 0 Å². The highest BCUT2D eigenvalue weighted by Crippen LogP contribution is 2.58. The van der Waals surface area contributed by atoms with Crippen molar-refractivity contribution in [2.24, 2.45) is 0 Å². The second kappa shape index (κ2) is 4.38. The molecule has 0 rings (SSSR count). The van der Waals surface area contributed by atoms with Crippen LogP contribution in [0.3, 0.4) is 0 Å². The topological polar surface area (TPSA) is 0 Å². The lowest BCUT2D eigenvalue weighted by Crippen LogP contribution is -2.08. The van der Waals surface area contributed by atoms with Crippen molar-refractivity contribution in [3.63, 3.8) is 0 Å². The minimum absolute atomic E-state index is 0.707. The Bertz CT molecular complexity index is 170. The summed E-state index contributed by atoms with van der Waals surface area (Å²) < 4.78 is 80.1. The molecule has 0 atom stereocenters. The third kappa shape index (κ3) is 4.21. The molecule has 0 bridgehead atoms. The van der Waals surface area contributed by atoms with Crippen LogP contribution in [0.15, 0.2) is 11.1 Å². The summed E-state index contributed by atoms with van der Waals surface area (Å²) >= 11 is 0. The molecule has 0 aromatic heterocycles. The third-order valence-electron chi connectivity index (χ3n) is 0.692. The lowest BCUT2D eigenvalue weighted by molar-refractivity contribution is -0.0848. The molecule has 0 amide bonds. The van der Waals surface area contributed by atoms with Gasteiger partial charge < -0.3 is 0 Å². The Hall–Kier alpha value is 0.110. The molecule has 12 heavy (non-hydrogen) atoms. The normalized spacial score (nSPS) is 14.6. The number of rotatable bonds is 2. The Balaban J connectivity index is 4.68. The Morgan fingerprint density at radius 3 is 1.50 bits per heavy atom. The van der Waals surface area contributed by atoms with Crippen LogP contribution in [0.4, 0.5) is 30.0 Å². The first kappa shape index (κ1) is 12.1. The Labute approximate surface area is 65.4 Å². The van der Waals surface area contributed by atoms with E-state index >= 15 is 0 Å². The zero-order valence-corrected chi connectivity index (χ0v) is 6.91. The molecule has 0 nitrogen and oxygen atoms in total. The molecule has 0 unspecified atom stereocenters. The maximum Gasteiger partial charge on any atom is 0.421 e. The molecule has 0 radical (unpaired) electrons. The van der Waals surface area contributed by atoms with Gasteiger partial charge in [0, 0.05) is 5.82 Å². The van der Waals surface area contributed by atoms with Crippen LogP contribution in [-0.2, 0) is 0 Å². The molecule has 0 spiro atoms. The number of alkyl halides is 3. The molecule has 0 aliphatic rings. The fourth-order valence-electron chi connectivity index (χ4n) is 0.305. The van der Waals surface area contributed by atoms with Gasteiger partial charge in [-0.15, -0.1) is 0 Å². The number of hydrogen-bond acceptors (Lipinski definition) is 0. The van der Waals surface area contributed by atoms with Crippen LogP contribution >= 0.6 is 17.1 Å². The summed E-state index contributed by atoms with van der Waals surface area (Å²) in [6, 6.07) is 0. The van der Waals surface area contributed by atoms with E-state index in [1.54, 1.807) is 0 Å². The Morgan fingerprint density at radius 2 is 1.42 bits per heavy atom. The average Bonchev–Trinajstić information content (AvgIpc) is 1.79. The minimum Gasteiger partial charge on any atom is -0.184 e. The van der Waals surface area contributed by atoms with Crippen LogP contribution in [-0.4, -0.2) is 6.18 Å². The molecular formula is C3HF7P2. The predicted octanol–water partition coefficient (Wildman–Crippen LogP) is 4.89. The highest BCUT2D eigenvalue weighted by molar-refractivity contribution is 7.55. The molecular weight excluding hydrogens is 231 g/mol. The summed E-state index contributed by atoms with van der Waals surface area (Å²) in [7, 11) is -8.59. The highest BCUT2D eigenvalue weighted by atomic mass is 31.2. The van der Waals surface area contributed by atoms with Gasteiger partial charge in [0.05, 0.1) is 0 Å². The summed E-state index contributed by atoms with van der Waals surface area (Å²) in [6.07, 6.45) is -5.35. The monoisotopic (exact) mass is 232 g/mol. The first-order valence-electron chi connectivity index (χ1n) is 2.26. The van der Waals surface area contributed by atoms with Crippen molar-refractivity contribution in [1.82, 2.24) is 0 Å². The van der Waals surface area contributed by atoms with Gasteiger partial charge in [-0.3, -0.25) is 0 Å². The smallest absolute Gasteiger partial charge is 0.184 e. The minimum atomic E-state index is -5.35. The van der Waals surface area contributed by atoms with E-state index in [0.717, 1.165) is 0 Å². The molecule has 72 valence electrons. The van der Waals surface area contributed by atoms with Gasteiger partial charge in [-0.05, 0) is 0 Å². The van der Waals surface area contributed by atoms with E-state index in [2.05, 4.69) is 0 Å². The van der Waals surface area contributed by atoms with Gasteiger partial charge in [0.25, 0.3) is 8.54 Å². The van der Waals surface area contributed by atoms with Crippen molar-refractivity contribution >= 4 is 17.1 Å². The van der Waals surface area contributed by atoms with Crippen molar-refractivity contribution < 1.29 is 30.0 Å². The summed E-state index contributed by atoms with van der Waals surface area (Å²) in [4.78, 5) is 0. The molecule has 0 saturated carbocycles. The SMILES string of the molecule is FP(F)/C=C(\P(F)F)C(F)(F)F. The largest absolute Gasteiger partial charge is 0.421 e. The highest BCUT2D eigenvalue weighted by Gasteiger charge is 2.41. The van der Waals surface area contributed by atoms with E-state index in [9.17, 15) is 30.0 Å². The van der Waals surface area contributed by atoms with Crippen LogP contribution in [0.2, 0.25) is 0 Å². The molecule has 0 fully saturated rings. The number of halogens is 7. The van der Waals surface area contributed by atoms with Gasteiger partial charge in [-0.1, -0.05) is 0 Å². The van der Waals surface area contributed by atoms with Crippen LogP contribution in [0.25, 0.3) is 0 Å². The number of hydrogen-bond donors (Lipinski definition) is 0. The van der Waals surface area contributed by atoms with Crippen LogP contribution in [0.5, 0.6) is 0 Å². The van der Waals surface area contributed by atoms with Crippen LogP contribution < -0.4 is 0 Å². The fourth-order valence-corrected chi connectivity index (χ4v) is 1.44. The van der Waals surface area contributed by atoms with Gasteiger partial charge in [-0.2, -0.15) is 30.0 Å². The molecule has 0 N–H and O–H groups in total. The van der Waals surface area contributed by atoms with E-state index in [1.165, 1.54) is 0 Å². The van der Waals surface area contributed by atoms with Crippen LogP contribution in [0.1, 0.15) is 0 Å². The van der Waals surface area contributed by atoms with Crippen molar-refractivity contribution in [1.29, 1.82) is 0 Å². The van der Waals surface area contributed by atoms with Gasteiger partial charge >= 0.3 is 14.7 Å². The zero-order valence-electron chi connectivity index (χ0n) is 5.12. The third-order valence-corrected chi connectivity index (χ3v) is 2.10. The van der Waals surface area contributed by atoms with E-state index in [4.69, 9.17) is 0 Å². The first-order valence-corrected chi connectivity index (χ1v) is 4.58. The second-order valence-corrected chi connectivity index (χ2v) is 3.23. The lowest BCUT2D eigenvalue weighted by Gasteiger charge is -2.08. The number of allylic oxidation sites excluding steroid dienone is 1. The standard InChI is InChI=1S/C3HF7P2/c4-3(5,6)2(12(9)10)1-11(7)8/h1H/b2-1-. The lowest BCUT2D eigenvalue weighted by atomic mass is 10.6. The maximum atomic E-state index is 11.5. The van der Waals surface area contributed by atoms with Crippen molar-refractivity contribution in [3.05, 3.63) is 11.1 Å². The average molecular weight is 232 g/mol. The van der Waals surface area contributed by atoms with E-state index in [1.807, 2.05) is 0 Å². The molecule has 0 aliphatic carbocycles. The summed E-state index contributed by atoms with van der Waals surface area (Å²) in [6.45, 7) is 0. The predicted molar refractivity (Wildman–Crippen MR) is 32.4 cm³/mol. The van der Waals surface area contributed by atoms with E-state index in [-0.39, 0.29) is 0 Å². The van der Waals surface area contributed by atoms with Crippen molar-refractivity contribution in [3.8, 4) is 0 Å². The Kier molecular flexibility index (Phi) is 4.42. The summed E-state index contributed by atoms with van der Waals surface area (Å²) in [5.41, 5.74) is 0. The fraction of sp³-hybridized carbons (Fsp3) is 0.333. The summed E-state index contributed by atoms with van der Waals surface area (Å²) in [5.74, 6) is -0.707. The van der Waals surface area contributed by atoms with Crippen LogP contribution in [0, 0.1) is 0 Å². The zero-order chi connectivity index (χ0) is 9.94. The summed E-state index contributed by atoms with van der Waals surface area (Å²) in [5, 5.41) is -2.41. The van der Waals surface area contributed by atoms with Crippen molar-refractivity contribution in [2.75, 3.05) is 0 Å². The molecule has 0 heterocycles. The quantitative estimate of drug-likeness (QED) is 0.469. The molecule has 0 aliphatic heterocycles. The van der Waals surface area contributed by atoms with Gasteiger partial charge in [0.15, 0.2) is 0 Å². The van der Waals surface area contributed by atoms with Gasteiger partial charge in [0.2, 0.25) is 0 Å². The van der Waals surface area contributed by atoms with E-state index < -0.39 is 34.4 Å². The Morgan fingerprint density at radius 1 is 1.00 bits per heavy atom. The van der Waals surface area contributed by atoms with Gasteiger partial charge in [0.1, 0.15) is 5.31 Å². The van der Waals surface area contributed by atoms with Crippen molar-refractivity contribution in [2.45, 2.75) is 6.18 Å². The molecule has 0 aromatic carbocycles.